The normalized spacial score (nSPS) is 27.4. The number of carbonyl (C=O) groups excluding carboxylic acids is 1. The molecule has 0 bridgehead atoms. The maximum atomic E-state index is 10.9. The topological polar surface area (TPSA) is 38.8 Å². The fourth-order valence-corrected chi connectivity index (χ4v) is 3.49. The van der Waals surface area contributed by atoms with E-state index in [-0.39, 0.29) is 5.97 Å². The van der Waals surface area contributed by atoms with Gasteiger partial charge in [-0.05, 0) is 31.6 Å². The van der Waals surface area contributed by atoms with Gasteiger partial charge in [0.05, 0.1) is 19.3 Å². The molecule has 0 amide bonds. The second kappa shape index (κ2) is 8.66. The first-order chi connectivity index (χ1) is 9.81. The molecule has 0 aromatic rings. The van der Waals surface area contributed by atoms with Crippen LogP contribution in [0.4, 0.5) is 0 Å². The summed E-state index contributed by atoms with van der Waals surface area (Å²) < 4.78 is 10.2. The molecular weight excluding hydrogens is 252 g/mol. The van der Waals surface area contributed by atoms with E-state index in [1.807, 2.05) is 0 Å². The molecule has 20 heavy (non-hydrogen) atoms. The van der Waals surface area contributed by atoms with Gasteiger partial charge in [0.25, 0.3) is 0 Å². The van der Waals surface area contributed by atoms with Crippen LogP contribution in [0.3, 0.4) is 0 Å². The Morgan fingerprint density at radius 3 is 2.20 bits per heavy atom. The molecule has 1 aliphatic heterocycles. The van der Waals surface area contributed by atoms with Crippen molar-refractivity contribution >= 4 is 5.97 Å². The fraction of sp³-hybridized carbons (Fsp3) is 0.941. The van der Waals surface area contributed by atoms with E-state index in [2.05, 4.69) is 4.74 Å². The predicted octanol–water partition coefficient (Wildman–Crippen LogP) is 4.24. The number of methoxy groups -OCH3 is 1. The minimum atomic E-state index is -0.0706. The zero-order valence-corrected chi connectivity index (χ0v) is 12.9. The number of unbranched alkanes of at least 4 members (excludes halogenated alkanes) is 7. The Balaban J connectivity index is 1.29. The van der Waals surface area contributed by atoms with Gasteiger partial charge in [0.15, 0.2) is 0 Å². The number of ether oxygens (including phenoxy) is 2. The first-order valence-corrected chi connectivity index (χ1v) is 8.53. The first-order valence-electron chi connectivity index (χ1n) is 8.53. The van der Waals surface area contributed by atoms with Crippen molar-refractivity contribution in [1.29, 1.82) is 0 Å². The molecule has 0 aromatic heterocycles. The lowest BCUT2D eigenvalue weighted by Gasteiger charge is -2.09. The van der Waals surface area contributed by atoms with Gasteiger partial charge in [0.1, 0.15) is 0 Å². The minimum absolute atomic E-state index is 0.0706. The lowest BCUT2D eigenvalue weighted by atomic mass is 9.98. The van der Waals surface area contributed by atoms with Crippen LogP contribution in [0.5, 0.6) is 0 Å². The average Bonchev–Trinajstić information content (AvgIpc) is 3.14. The molecule has 0 N–H and O–H groups in total. The molecule has 116 valence electrons. The maximum Gasteiger partial charge on any atom is 0.305 e. The van der Waals surface area contributed by atoms with Gasteiger partial charge < -0.3 is 9.47 Å². The third kappa shape index (κ3) is 5.43. The smallest absolute Gasteiger partial charge is 0.305 e. The molecule has 2 rings (SSSR count). The SMILES string of the molecule is COC(=O)CCCCCCCCCC[C@H]1CC[C@@H]2O[C@H]12. The molecule has 1 heterocycles. The standard InChI is InChI=1S/C17H30O3/c1-19-16(18)11-9-7-5-3-2-4-6-8-10-14-12-13-15-17(14)20-15/h14-15,17H,2-13H2,1H3/t14-,15-,17+/m0/s1. The molecule has 3 heteroatoms. The number of esters is 1. The number of rotatable bonds is 11. The highest BCUT2D eigenvalue weighted by atomic mass is 16.6. The maximum absolute atomic E-state index is 10.9. The Kier molecular flexibility index (Phi) is 6.85. The number of fused-ring (bicyclic) bond motifs is 1. The molecule has 0 unspecified atom stereocenters. The highest BCUT2D eigenvalue weighted by Crippen LogP contribution is 2.45. The Bertz CT molecular complexity index is 290. The summed E-state index contributed by atoms with van der Waals surface area (Å²) in [7, 11) is 1.46. The lowest BCUT2D eigenvalue weighted by Crippen LogP contribution is -2.03. The van der Waals surface area contributed by atoms with Crippen LogP contribution in [0.2, 0.25) is 0 Å². The highest BCUT2D eigenvalue weighted by molar-refractivity contribution is 5.68. The number of hydrogen-bond acceptors (Lipinski definition) is 3. The molecule has 2 aliphatic rings. The van der Waals surface area contributed by atoms with Gasteiger partial charge in [-0.15, -0.1) is 0 Å². The van der Waals surface area contributed by atoms with Crippen molar-refractivity contribution in [3.63, 3.8) is 0 Å². The van der Waals surface area contributed by atoms with Crippen LogP contribution in [-0.4, -0.2) is 25.3 Å². The molecule has 1 saturated heterocycles. The van der Waals surface area contributed by atoms with Crippen LogP contribution < -0.4 is 0 Å². The van der Waals surface area contributed by atoms with Crippen LogP contribution in [-0.2, 0) is 14.3 Å². The third-order valence-electron chi connectivity index (χ3n) is 4.84. The predicted molar refractivity (Wildman–Crippen MR) is 79.6 cm³/mol. The van der Waals surface area contributed by atoms with E-state index in [0.29, 0.717) is 18.6 Å². The highest BCUT2D eigenvalue weighted by Gasteiger charge is 2.49. The van der Waals surface area contributed by atoms with Crippen molar-refractivity contribution in [1.82, 2.24) is 0 Å². The van der Waals surface area contributed by atoms with E-state index < -0.39 is 0 Å². The second-order valence-electron chi connectivity index (χ2n) is 6.42. The van der Waals surface area contributed by atoms with Crippen molar-refractivity contribution in [2.24, 2.45) is 5.92 Å². The van der Waals surface area contributed by atoms with Gasteiger partial charge in [-0.2, -0.15) is 0 Å². The summed E-state index contributed by atoms with van der Waals surface area (Å²) in [5, 5.41) is 0. The Labute approximate surface area is 123 Å². The zero-order valence-electron chi connectivity index (χ0n) is 12.9. The average molecular weight is 282 g/mol. The van der Waals surface area contributed by atoms with Crippen molar-refractivity contribution in [2.75, 3.05) is 7.11 Å². The van der Waals surface area contributed by atoms with E-state index in [1.54, 1.807) is 0 Å². The summed E-state index contributed by atoms with van der Waals surface area (Å²) in [6.45, 7) is 0. The van der Waals surface area contributed by atoms with E-state index in [4.69, 9.17) is 4.74 Å². The number of epoxide rings is 1. The van der Waals surface area contributed by atoms with Crippen LogP contribution in [0.25, 0.3) is 0 Å². The molecular formula is C17H30O3. The van der Waals surface area contributed by atoms with Crippen LogP contribution in [0.1, 0.15) is 77.0 Å². The van der Waals surface area contributed by atoms with Gasteiger partial charge in [-0.1, -0.05) is 44.9 Å². The van der Waals surface area contributed by atoms with E-state index in [9.17, 15) is 4.79 Å². The second-order valence-corrected chi connectivity index (χ2v) is 6.42. The minimum Gasteiger partial charge on any atom is -0.469 e. The van der Waals surface area contributed by atoms with Crippen LogP contribution >= 0.6 is 0 Å². The third-order valence-corrected chi connectivity index (χ3v) is 4.84. The van der Waals surface area contributed by atoms with E-state index in [0.717, 1.165) is 18.8 Å². The van der Waals surface area contributed by atoms with Gasteiger partial charge >= 0.3 is 5.97 Å². The van der Waals surface area contributed by atoms with Gasteiger partial charge in [0.2, 0.25) is 0 Å². The molecule has 0 aromatic carbocycles. The fourth-order valence-electron chi connectivity index (χ4n) is 3.49. The summed E-state index contributed by atoms with van der Waals surface area (Å²) in [6, 6.07) is 0. The zero-order chi connectivity index (χ0) is 14.2. The summed E-state index contributed by atoms with van der Waals surface area (Å²) in [6.07, 6.45) is 16.2. The molecule has 0 spiro atoms. The molecule has 3 nitrogen and oxygen atoms in total. The summed E-state index contributed by atoms with van der Waals surface area (Å²) in [5.41, 5.74) is 0. The lowest BCUT2D eigenvalue weighted by molar-refractivity contribution is -0.140. The monoisotopic (exact) mass is 282 g/mol. The van der Waals surface area contributed by atoms with Gasteiger partial charge in [-0.3, -0.25) is 4.79 Å². The Morgan fingerprint density at radius 2 is 1.65 bits per heavy atom. The van der Waals surface area contributed by atoms with Crippen molar-refractivity contribution < 1.29 is 14.3 Å². The number of hydrogen-bond donors (Lipinski definition) is 0. The quantitative estimate of drug-likeness (QED) is 0.323. The van der Waals surface area contributed by atoms with Gasteiger partial charge in [0, 0.05) is 6.42 Å². The van der Waals surface area contributed by atoms with E-state index in [1.165, 1.54) is 64.9 Å². The van der Waals surface area contributed by atoms with E-state index >= 15 is 0 Å². The van der Waals surface area contributed by atoms with Crippen molar-refractivity contribution in [3.05, 3.63) is 0 Å². The van der Waals surface area contributed by atoms with Crippen molar-refractivity contribution in [3.8, 4) is 0 Å². The molecule has 1 aliphatic carbocycles. The van der Waals surface area contributed by atoms with Crippen molar-refractivity contribution in [2.45, 2.75) is 89.3 Å². The summed E-state index contributed by atoms with van der Waals surface area (Å²) in [5.74, 6) is 0.817. The molecule has 2 fully saturated rings. The Hall–Kier alpha value is -0.570. The molecule has 1 saturated carbocycles. The molecule has 3 atom stereocenters. The van der Waals surface area contributed by atoms with Crippen LogP contribution in [0.15, 0.2) is 0 Å². The number of carbonyl (C=O) groups is 1. The largest absolute Gasteiger partial charge is 0.469 e. The first kappa shape index (κ1) is 15.8. The summed E-state index contributed by atoms with van der Waals surface area (Å²) >= 11 is 0. The van der Waals surface area contributed by atoms with Gasteiger partial charge in [-0.25, -0.2) is 0 Å². The summed E-state index contributed by atoms with van der Waals surface area (Å²) in [4.78, 5) is 10.9. The Morgan fingerprint density at radius 1 is 1.00 bits per heavy atom. The van der Waals surface area contributed by atoms with Crippen LogP contribution in [0, 0.1) is 5.92 Å². The molecule has 0 radical (unpaired) electrons.